The molecule has 0 amide bonds. The number of fused-ring (bicyclic) bond motifs is 1. The minimum absolute atomic E-state index is 0.453. The van der Waals surface area contributed by atoms with Gasteiger partial charge in [0.2, 0.25) is 0 Å². The minimum atomic E-state index is -0.453. The third-order valence-corrected chi connectivity index (χ3v) is 2.72. The summed E-state index contributed by atoms with van der Waals surface area (Å²) >= 11 is 0. The molecule has 0 aliphatic carbocycles. The van der Waals surface area contributed by atoms with Crippen molar-refractivity contribution in [2.75, 3.05) is 0 Å². The fourth-order valence-electron chi connectivity index (χ4n) is 1.91. The number of rotatable bonds is 3. The van der Waals surface area contributed by atoms with Gasteiger partial charge in [-0.1, -0.05) is 13.3 Å². The van der Waals surface area contributed by atoms with Gasteiger partial charge in [-0.2, -0.15) is 0 Å². The smallest absolute Gasteiger partial charge is 0.163 e. The lowest BCUT2D eigenvalue weighted by Crippen LogP contribution is -2.35. The monoisotopic (exact) mass is 219 g/mol. The van der Waals surface area contributed by atoms with Crippen molar-refractivity contribution in [2.45, 2.75) is 39.2 Å². The molecule has 0 saturated carbocycles. The number of aryl methyl sites for hydroxylation is 1. The van der Waals surface area contributed by atoms with Crippen molar-refractivity contribution in [2.24, 2.45) is 5.73 Å². The van der Waals surface area contributed by atoms with Crippen LogP contribution in [0.15, 0.2) is 12.4 Å². The van der Waals surface area contributed by atoms with Gasteiger partial charge in [0.1, 0.15) is 6.33 Å². The number of nitrogens with zero attached hydrogens (tertiary/aromatic N) is 4. The number of nitrogens with two attached hydrogens (primary N) is 1. The Hall–Kier alpha value is -1.49. The Morgan fingerprint density at radius 2 is 2.19 bits per heavy atom. The Morgan fingerprint density at radius 1 is 1.44 bits per heavy atom. The molecule has 2 aromatic rings. The summed E-state index contributed by atoms with van der Waals surface area (Å²) in [6.07, 6.45) is 3.63. The molecule has 5 nitrogen and oxygen atoms in total. The van der Waals surface area contributed by atoms with E-state index in [0.29, 0.717) is 0 Å². The lowest BCUT2D eigenvalue weighted by Gasteiger charge is -2.21. The van der Waals surface area contributed by atoms with Gasteiger partial charge in [0.05, 0.1) is 5.54 Å². The van der Waals surface area contributed by atoms with Gasteiger partial charge in [0, 0.05) is 11.8 Å². The molecule has 0 spiro atoms. The van der Waals surface area contributed by atoms with E-state index in [1.54, 1.807) is 6.33 Å². The zero-order valence-corrected chi connectivity index (χ0v) is 9.94. The highest BCUT2D eigenvalue weighted by Crippen LogP contribution is 2.21. The molecular formula is C11H17N5. The van der Waals surface area contributed by atoms with E-state index >= 15 is 0 Å². The van der Waals surface area contributed by atoms with E-state index in [0.717, 1.165) is 30.0 Å². The molecule has 0 fully saturated rings. The van der Waals surface area contributed by atoms with Crippen LogP contribution in [0, 0.1) is 6.92 Å². The van der Waals surface area contributed by atoms with Gasteiger partial charge in [-0.05, 0) is 20.3 Å². The molecule has 2 N–H and O–H groups in total. The molecule has 86 valence electrons. The highest BCUT2D eigenvalue weighted by molar-refractivity contribution is 5.39. The van der Waals surface area contributed by atoms with E-state index in [1.165, 1.54) is 0 Å². The Morgan fingerprint density at radius 3 is 2.88 bits per heavy atom. The quantitative estimate of drug-likeness (QED) is 0.847. The van der Waals surface area contributed by atoms with Gasteiger partial charge in [-0.3, -0.25) is 4.40 Å². The molecule has 1 atom stereocenters. The topological polar surface area (TPSA) is 69.1 Å². The molecule has 0 radical (unpaired) electrons. The van der Waals surface area contributed by atoms with Crippen molar-refractivity contribution in [3.05, 3.63) is 23.9 Å². The first-order valence-electron chi connectivity index (χ1n) is 5.51. The van der Waals surface area contributed by atoms with Crippen molar-refractivity contribution in [1.82, 2.24) is 19.6 Å². The maximum absolute atomic E-state index is 6.25. The second-order valence-corrected chi connectivity index (χ2v) is 4.45. The fourth-order valence-corrected chi connectivity index (χ4v) is 1.91. The second-order valence-electron chi connectivity index (χ2n) is 4.45. The molecular weight excluding hydrogens is 202 g/mol. The number of hydrogen-bond acceptors (Lipinski definition) is 4. The Balaban J connectivity index is 2.53. The van der Waals surface area contributed by atoms with E-state index < -0.39 is 5.54 Å². The van der Waals surface area contributed by atoms with Crippen molar-refractivity contribution < 1.29 is 0 Å². The summed E-state index contributed by atoms with van der Waals surface area (Å²) in [5.74, 6) is 0.775. The highest BCUT2D eigenvalue weighted by Gasteiger charge is 2.26. The second kappa shape index (κ2) is 3.83. The van der Waals surface area contributed by atoms with Crippen LogP contribution in [0.25, 0.3) is 5.65 Å². The highest BCUT2D eigenvalue weighted by atomic mass is 15.3. The van der Waals surface area contributed by atoms with Gasteiger partial charge in [0.15, 0.2) is 11.5 Å². The summed E-state index contributed by atoms with van der Waals surface area (Å²) in [7, 11) is 0. The Labute approximate surface area is 94.7 Å². The normalized spacial score (nSPS) is 15.2. The average Bonchev–Trinajstić information content (AvgIpc) is 2.60. The first kappa shape index (κ1) is 11.0. The predicted molar refractivity (Wildman–Crippen MR) is 62.0 cm³/mol. The number of aromatic nitrogens is 4. The molecule has 0 aliphatic heterocycles. The lowest BCUT2D eigenvalue weighted by molar-refractivity contribution is 0.415. The molecule has 0 aromatic carbocycles. The van der Waals surface area contributed by atoms with Gasteiger partial charge < -0.3 is 5.73 Å². The van der Waals surface area contributed by atoms with Crippen LogP contribution in [0.2, 0.25) is 0 Å². The average molecular weight is 219 g/mol. The third-order valence-electron chi connectivity index (χ3n) is 2.72. The van der Waals surface area contributed by atoms with E-state index in [-0.39, 0.29) is 0 Å². The van der Waals surface area contributed by atoms with Gasteiger partial charge in [-0.15, -0.1) is 10.2 Å². The maximum atomic E-state index is 6.25. The largest absolute Gasteiger partial charge is 0.319 e. The molecule has 2 aromatic heterocycles. The summed E-state index contributed by atoms with van der Waals surface area (Å²) in [6, 6.07) is 1.90. The van der Waals surface area contributed by atoms with Crippen LogP contribution in [0.5, 0.6) is 0 Å². The number of hydrogen-bond donors (Lipinski definition) is 1. The SMILES string of the molecule is CCCC(C)(N)c1nnc2cc(C)ncn12. The molecule has 5 heteroatoms. The van der Waals surface area contributed by atoms with Gasteiger partial charge >= 0.3 is 0 Å². The van der Waals surface area contributed by atoms with Crippen LogP contribution in [-0.2, 0) is 5.54 Å². The fraction of sp³-hybridized carbons (Fsp3) is 0.545. The van der Waals surface area contributed by atoms with E-state index in [2.05, 4.69) is 22.1 Å². The van der Waals surface area contributed by atoms with Gasteiger partial charge in [-0.25, -0.2) is 4.98 Å². The van der Waals surface area contributed by atoms with Crippen LogP contribution in [-0.4, -0.2) is 19.6 Å². The summed E-state index contributed by atoms with van der Waals surface area (Å²) in [5.41, 5.74) is 7.53. The van der Waals surface area contributed by atoms with Crippen LogP contribution in [0.3, 0.4) is 0 Å². The summed E-state index contributed by atoms with van der Waals surface area (Å²) in [4.78, 5) is 4.24. The van der Waals surface area contributed by atoms with Crippen molar-refractivity contribution in [3.8, 4) is 0 Å². The van der Waals surface area contributed by atoms with E-state index in [9.17, 15) is 0 Å². The first-order chi connectivity index (χ1) is 7.54. The molecule has 2 heterocycles. The lowest BCUT2D eigenvalue weighted by atomic mass is 9.97. The molecule has 0 bridgehead atoms. The molecule has 1 unspecified atom stereocenters. The summed E-state index contributed by atoms with van der Waals surface area (Å²) < 4.78 is 1.86. The van der Waals surface area contributed by atoms with E-state index in [1.807, 2.05) is 24.3 Å². The molecule has 16 heavy (non-hydrogen) atoms. The van der Waals surface area contributed by atoms with Crippen molar-refractivity contribution in [3.63, 3.8) is 0 Å². The standard InChI is InChI=1S/C11H17N5/c1-4-5-11(3,12)10-15-14-9-6-8(2)13-7-16(9)10/h6-7H,4-5,12H2,1-3H3. The summed E-state index contributed by atoms with van der Waals surface area (Å²) in [5, 5.41) is 8.30. The van der Waals surface area contributed by atoms with Crippen LogP contribution in [0.4, 0.5) is 0 Å². The Kier molecular flexibility index (Phi) is 2.63. The van der Waals surface area contributed by atoms with Crippen LogP contribution >= 0.6 is 0 Å². The van der Waals surface area contributed by atoms with Crippen molar-refractivity contribution >= 4 is 5.65 Å². The molecule has 0 saturated heterocycles. The van der Waals surface area contributed by atoms with E-state index in [4.69, 9.17) is 5.73 Å². The maximum Gasteiger partial charge on any atom is 0.163 e. The summed E-state index contributed by atoms with van der Waals surface area (Å²) in [6.45, 7) is 6.02. The minimum Gasteiger partial charge on any atom is -0.319 e. The predicted octanol–water partition coefficient (Wildman–Crippen LogP) is 1.41. The van der Waals surface area contributed by atoms with Crippen molar-refractivity contribution in [1.29, 1.82) is 0 Å². The zero-order valence-electron chi connectivity index (χ0n) is 9.94. The first-order valence-corrected chi connectivity index (χ1v) is 5.51. The molecule has 2 rings (SSSR count). The molecule has 0 aliphatic rings. The zero-order chi connectivity index (χ0) is 11.8. The Bertz CT molecular complexity index is 500. The van der Waals surface area contributed by atoms with Crippen LogP contribution in [0.1, 0.15) is 38.2 Å². The van der Waals surface area contributed by atoms with Gasteiger partial charge in [0.25, 0.3) is 0 Å². The third kappa shape index (κ3) is 1.78. The van der Waals surface area contributed by atoms with Crippen LogP contribution < -0.4 is 5.73 Å².